The van der Waals surface area contributed by atoms with E-state index in [9.17, 15) is 5.11 Å². The highest BCUT2D eigenvalue weighted by Crippen LogP contribution is 2.40. The first-order valence-electron chi connectivity index (χ1n) is 7.77. The Bertz CT molecular complexity index is 475. The van der Waals surface area contributed by atoms with Crippen LogP contribution in [0.15, 0.2) is 16.6 Å². The Hall–Kier alpha value is -0.740. The fraction of sp³-hybridized carbons (Fsp3) is 0.647. The molecule has 0 radical (unpaired) electrons. The maximum absolute atomic E-state index is 9.31. The number of aliphatic hydroxyl groups excluding tert-OH is 1. The van der Waals surface area contributed by atoms with Crippen molar-refractivity contribution in [2.45, 2.75) is 52.7 Å². The molecular weight excluding hydrogens is 332 g/mol. The first kappa shape index (κ1) is 16.6. The van der Waals surface area contributed by atoms with Crippen molar-refractivity contribution in [1.82, 2.24) is 0 Å². The van der Waals surface area contributed by atoms with Gasteiger partial charge in [0.25, 0.3) is 0 Å². The summed E-state index contributed by atoms with van der Waals surface area (Å²) in [6.07, 6.45) is 3.63. The smallest absolute Gasteiger partial charge is 0.175 e. The van der Waals surface area contributed by atoms with Crippen molar-refractivity contribution in [2.24, 2.45) is 11.8 Å². The molecule has 0 saturated heterocycles. The summed E-state index contributed by atoms with van der Waals surface area (Å²) in [5.41, 5.74) is 0.823. The summed E-state index contributed by atoms with van der Waals surface area (Å²) in [5.74, 6) is 2.94. The molecule has 1 aromatic rings. The van der Waals surface area contributed by atoms with Gasteiger partial charge in [-0.15, -0.1) is 0 Å². The second-order valence-electron chi connectivity index (χ2n) is 6.00. The first-order chi connectivity index (χ1) is 10.0. The number of aliphatic hydroxyl groups is 1. The van der Waals surface area contributed by atoms with Crippen LogP contribution in [0.3, 0.4) is 0 Å². The van der Waals surface area contributed by atoms with E-state index in [1.165, 1.54) is 6.42 Å². The van der Waals surface area contributed by atoms with Crippen LogP contribution in [0.5, 0.6) is 11.5 Å². The summed E-state index contributed by atoms with van der Waals surface area (Å²) >= 11 is 3.55. The van der Waals surface area contributed by atoms with Gasteiger partial charge in [0.05, 0.1) is 23.8 Å². The summed E-state index contributed by atoms with van der Waals surface area (Å²) < 4.78 is 12.8. The minimum atomic E-state index is -0.00304. The van der Waals surface area contributed by atoms with Crippen LogP contribution in [0.4, 0.5) is 0 Å². The van der Waals surface area contributed by atoms with Crippen LogP contribution in [-0.2, 0) is 6.61 Å². The molecule has 0 amide bonds. The van der Waals surface area contributed by atoms with Gasteiger partial charge in [-0.1, -0.05) is 13.8 Å². The molecule has 1 N–H and O–H groups in total. The number of hydrogen-bond acceptors (Lipinski definition) is 3. The zero-order valence-corrected chi connectivity index (χ0v) is 14.6. The summed E-state index contributed by atoms with van der Waals surface area (Å²) in [6.45, 7) is 7.15. The van der Waals surface area contributed by atoms with Crippen molar-refractivity contribution in [3.05, 3.63) is 22.2 Å². The van der Waals surface area contributed by atoms with Crippen LogP contribution in [-0.4, -0.2) is 17.8 Å². The number of halogens is 1. The van der Waals surface area contributed by atoms with Crippen molar-refractivity contribution < 1.29 is 14.6 Å². The van der Waals surface area contributed by atoms with Gasteiger partial charge in [0.15, 0.2) is 11.5 Å². The van der Waals surface area contributed by atoms with Crippen molar-refractivity contribution >= 4 is 15.9 Å². The minimum absolute atomic E-state index is 0.00304. The quantitative estimate of drug-likeness (QED) is 0.841. The van der Waals surface area contributed by atoms with Crippen LogP contribution >= 0.6 is 15.9 Å². The third-order valence-electron chi connectivity index (χ3n) is 4.39. The molecule has 0 aromatic heterocycles. The van der Waals surface area contributed by atoms with E-state index in [-0.39, 0.29) is 12.7 Å². The molecule has 1 fully saturated rings. The van der Waals surface area contributed by atoms with E-state index in [4.69, 9.17) is 9.47 Å². The maximum atomic E-state index is 9.31. The highest BCUT2D eigenvalue weighted by Gasteiger charge is 2.27. The van der Waals surface area contributed by atoms with Gasteiger partial charge >= 0.3 is 0 Å². The molecular formula is C17H25BrO3. The lowest BCUT2D eigenvalue weighted by Crippen LogP contribution is -2.29. The topological polar surface area (TPSA) is 38.7 Å². The lowest BCUT2D eigenvalue weighted by atomic mass is 9.80. The largest absolute Gasteiger partial charge is 0.490 e. The highest BCUT2D eigenvalue weighted by molar-refractivity contribution is 9.10. The molecule has 3 unspecified atom stereocenters. The molecule has 118 valence electrons. The van der Waals surface area contributed by atoms with Crippen LogP contribution in [0.25, 0.3) is 0 Å². The van der Waals surface area contributed by atoms with E-state index in [0.717, 1.165) is 34.5 Å². The Morgan fingerprint density at radius 1 is 1.24 bits per heavy atom. The molecule has 21 heavy (non-hydrogen) atoms. The number of benzene rings is 1. The predicted octanol–water partition coefficient (Wildman–Crippen LogP) is 4.54. The zero-order valence-electron chi connectivity index (χ0n) is 13.1. The molecule has 0 bridgehead atoms. The number of ether oxygens (including phenoxy) is 2. The van der Waals surface area contributed by atoms with Gasteiger partial charge in [0.1, 0.15) is 0 Å². The van der Waals surface area contributed by atoms with Crippen LogP contribution < -0.4 is 9.47 Å². The van der Waals surface area contributed by atoms with Gasteiger partial charge in [0.2, 0.25) is 0 Å². The third kappa shape index (κ3) is 4.13. The lowest BCUT2D eigenvalue weighted by molar-refractivity contribution is 0.0961. The maximum Gasteiger partial charge on any atom is 0.175 e. The summed E-state index contributed by atoms with van der Waals surface area (Å²) in [6, 6.07) is 3.76. The number of rotatable bonds is 5. The molecule has 1 aliphatic carbocycles. The molecule has 3 atom stereocenters. The van der Waals surface area contributed by atoms with Crippen molar-refractivity contribution in [3.63, 3.8) is 0 Å². The van der Waals surface area contributed by atoms with Crippen LogP contribution in [0.2, 0.25) is 0 Å². The SMILES string of the molecule is CCOc1cc(CO)cc(Br)c1OC1CCC(C)C(C)C1. The minimum Gasteiger partial charge on any atom is -0.490 e. The fourth-order valence-corrected chi connectivity index (χ4v) is 3.44. The normalized spacial score (nSPS) is 25.7. The molecule has 4 heteroatoms. The first-order valence-corrected chi connectivity index (χ1v) is 8.57. The molecule has 1 aliphatic rings. The van der Waals surface area contributed by atoms with Gasteiger partial charge in [-0.25, -0.2) is 0 Å². The van der Waals surface area contributed by atoms with E-state index < -0.39 is 0 Å². The second-order valence-corrected chi connectivity index (χ2v) is 6.86. The van der Waals surface area contributed by atoms with Crippen LogP contribution in [0.1, 0.15) is 45.6 Å². The fourth-order valence-electron chi connectivity index (χ4n) is 2.86. The van der Waals surface area contributed by atoms with E-state index in [2.05, 4.69) is 29.8 Å². The Labute approximate surface area is 135 Å². The molecule has 3 nitrogen and oxygen atoms in total. The molecule has 2 rings (SSSR count). The van der Waals surface area contributed by atoms with Gasteiger partial charge in [-0.05, 0) is 71.6 Å². The van der Waals surface area contributed by atoms with Crippen molar-refractivity contribution in [3.8, 4) is 11.5 Å². The average molecular weight is 357 g/mol. The summed E-state index contributed by atoms with van der Waals surface area (Å²) in [5, 5.41) is 9.31. The van der Waals surface area contributed by atoms with Crippen molar-refractivity contribution in [2.75, 3.05) is 6.61 Å². The van der Waals surface area contributed by atoms with Gasteiger partial charge in [-0.2, -0.15) is 0 Å². The second kappa shape index (κ2) is 7.50. The Morgan fingerprint density at radius 3 is 2.62 bits per heavy atom. The average Bonchev–Trinajstić information content (AvgIpc) is 2.46. The number of hydrogen-bond donors (Lipinski definition) is 1. The Morgan fingerprint density at radius 2 is 2.00 bits per heavy atom. The van der Waals surface area contributed by atoms with Crippen molar-refractivity contribution in [1.29, 1.82) is 0 Å². The summed E-state index contributed by atoms with van der Waals surface area (Å²) in [4.78, 5) is 0. The van der Waals surface area contributed by atoms with E-state index in [1.807, 2.05) is 19.1 Å². The standard InChI is InChI=1S/C17H25BrO3/c1-4-20-16-9-13(10-19)8-15(18)17(16)21-14-6-5-11(2)12(3)7-14/h8-9,11-12,14,19H,4-7,10H2,1-3H3. The van der Waals surface area contributed by atoms with E-state index in [1.54, 1.807) is 0 Å². The Kier molecular flexibility index (Phi) is 5.94. The predicted molar refractivity (Wildman–Crippen MR) is 87.8 cm³/mol. The van der Waals surface area contributed by atoms with E-state index >= 15 is 0 Å². The monoisotopic (exact) mass is 356 g/mol. The molecule has 1 saturated carbocycles. The molecule has 0 spiro atoms. The molecule has 0 heterocycles. The lowest BCUT2D eigenvalue weighted by Gasteiger charge is -2.32. The van der Waals surface area contributed by atoms with Crippen LogP contribution in [0, 0.1) is 11.8 Å². The summed E-state index contributed by atoms with van der Waals surface area (Å²) in [7, 11) is 0. The van der Waals surface area contributed by atoms with Gasteiger partial charge in [0, 0.05) is 0 Å². The van der Waals surface area contributed by atoms with Gasteiger partial charge in [-0.3, -0.25) is 0 Å². The van der Waals surface area contributed by atoms with E-state index in [0.29, 0.717) is 18.3 Å². The third-order valence-corrected chi connectivity index (χ3v) is 4.98. The Balaban J connectivity index is 2.18. The molecule has 1 aromatic carbocycles. The molecule has 0 aliphatic heterocycles. The highest BCUT2D eigenvalue weighted by atomic mass is 79.9. The zero-order chi connectivity index (χ0) is 15.4. The van der Waals surface area contributed by atoms with Gasteiger partial charge < -0.3 is 14.6 Å².